The van der Waals surface area contributed by atoms with E-state index in [0.717, 1.165) is 12.8 Å². The minimum atomic E-state index is -3.76. The van der Waals surface area contributed by atoms with Gasteiger partial charge in [-0.25, -0.2) is 16.8 Å². The largest absolute Gasteiger partial charge is 0.449 e. The van der Waals surface area contributed by atoms with Gasteiger partial charge in [0, 0.05) is 12.6 Å². The van der Waals surface area contributed by atoms with Crippen LogP contribution in [-0.4, -0.2) is 44.7 Å². The maximum atomic E-state index is 12.7. The Morgan fingerprint density at radius 1 is 1.24 bits per heavy atom. The van der Waals surface area contributed by atoms with Gasteiger partial charge in [0.1, 0.15) is 5.76 Å². The molecule has 1 aromatic heterocycles. The minimum Gasteiger partial charge on any atom is -0.449 e. The van der Waals surface area contributed by atoms with Crippen LogP contribution in [0.5, 0.6) is 0 Å². The van der Waals surface area contributed by atoms with Crippen molar-refractivity contribution in [3.8, 4) is 0 Å². The maximum absolute atomic E-state index is 12.7. The van der Waals surface area contributed by atoms with Gasteiger partial charge in [0.25, 0.3) is 10.0 Å². The van der Waals surface area contributed by atoms with Gasteiger partial charge in [0.2, 0.25) is 5.09 Å². The van der Waals surface area contributed by atoms with E-state index in [4.69, 9.17) is 4.42 Å². The first-order valence-corrected chi connectivity index (χ1v) is 10.3. The molecular formula is C13H19NO5S2. The standard InChI is InChI=1S/C13H19NO5S2/c1-10-6-7-13(19-10)21(17,18)14-8-9-20(15,16)12-5-3-2-4-11(12)14/h6-7,11-12H,2-5,8-9H2,1H3. The zero-order chi connectivity index (χ0) is 15.3. The summed E-state index contributed by atoms with van der Waals surface area (Å²) in [6.07, 6.45) is 2.85. The summed E-state index contributed by atoms with van der Waals surface area (Å²) < 4.78 is 56.4. The third-order valence-electron chi connectivity index (χ3n) is 4.37. The van der Waals surface area contributed by atoms with Crippen LogP contribution in [0.25, 0.3) is 0 Å². The molecule has 1 saturated carbocycles. The highest BCUT2D eigenvalue weighted by atomic mass is 32.2. The summed E-state index contributed by atoms with van der Waals surface area (Å²) in [6, 6.07) is 2.59. The van der Waals surface area contributed by atoms with E-state index in [-0.39, 0.29) is 17.4 Å². The number of aryl methyl sites for hydroxylation is 1. The van der Waals surface area contributed by atoms with E-state index < -0.39 is 31.2 Å². The number of furan rings is 1. The van der Waals surface area contributed by atoms with Crippen LogP contribution in [0.3, 0.4) is 0 Å². The smallest absolute Gasteiger partial charge is 0.276 e. The molecule has 0 radical (unpaired) electrons. The normalized spacial score (nSPS) is 30.0. The lowest BCUT2D eigenvalue weighted by Crippen LogP contribution is -2.57. The van der Waals surface area contributed by atoms with E-state index in [1.54, 1.807) is 13.0 Å². The Morgan fingerprint density at radius 3 is 2.62 bits per heavy atom. The average Bonchev–Trinajstić information content (AvgIpc) is 2.86. The van der Waals surface area contributed by atoms with Crippen molar-refractivity contribution in [3.05, 3.63) is 17.9 Å². The van der Waals surface area contributed by atoms with Crippen LogP contribution >= 0.6 is 0 Å². The van der Waals surface area contributed by atoms with E-state index in [9.17, 15) is 16.8 Å². The lowest BCUT2D eigenvalue weighted by atomic mass is 9.94. The molecule has 0 aromatic carbocycles. The first kappa shape index (κ1) is 15.1. The van der Waals surface area contributed by atoms with Gasteiger partial charge in [-0.1, -0.05) is 12.8 Å². The Kier molecular flexibility index (Phi) is 3.66. The summed E-state index contributed by atoms with van der Waals surface area (Å²) in [6.45, 7) is 1.70. The monoisotopic (exact) mass is 333 g/mol. The highest BCUT2D eigenvalue weighted by Gasteiger charge is 2.47. The van der Waals surface area contributed by atoms with Crippen molar-refractivity contribution in [1.82, 2.24) is 4.31 Å². The van der Waals surface area contributed by atoms with Crippen molar-refractivity contribution in [2.75, 3.05) is 12.3 Å². The summed E-state index contributed by atoms with van der Waals surface area (Å²) in [4.78, 5) is 0. The molecule has 1 aromatic rings. The molecule has 2 atom stereocenters. The van der Waals surface area contributed by atoms with E-state index >= 15 is 0 Å². The molecule has 2 unspecified atom stereocenters. The molecule has 1 aliphatic heterocycles. The van der Waals surface area contributed by atoms with Gasteiger partial charge in [-0.3, -0.25) is 0 Å². The molecule has 0 bridgehead atoms. The third-order valence-corrected chi connectivity index (χ3v) is 8.40. The van der Waals surface area contributed by atoms with Gasteiger partial charge in [-0.15, -0.1) is 0 Å². The molecule has 0 amide bonds. The molecule has 21 heavy (non-hydrogen) atoms. The quantitative estimate of drug-likeness (QED) is 0.815. The number of fused-ring (bicyclic) bond motifs is 1. The Balaban J connectivity index is 1.98. The van der Waals surface area contributed by atoms with Crippen LogP contribution in [0.4, 0.5) is 0 Å². The second-order valence-corrected chi connectivity index (χ2v) is 9.90. The Hall–Kier alpha value is -0.860. The van der Waals surface area contributed by atoms with Gasteiger partial charge in [0.05, 0.1) is 11.0 Å². The SMILES string of the molecule is Cc1ccc(S(=O)(=O)N2CCS(=O)(=O)C3CCCCC32)o1. The molecule has 1 aliphatic carbocycles. The Labute approximate surface area is 125 Å². The van der Waals surface area contributed by atoms with Crippen LogP contribution < -0.4 is 0 Å². The average molecular weight is 333 g/mol. The molecule has 3 rings (SSSR count). The Morgan fingerprint density at radius 2 is 1.95 bits per heavy atom. The molecule has 8 heteroatoms. The Bertz CT molecular complexity index is 734. The predicted molar refractivity (Wildman–Crippen MR) is 77.2 cm³/mol. The number of hydrogen-bond donors (Lipinski definition) is 0. The topological polar surface area (TPSA) is 84.7 Å². The number of sulfone groups is 1. The van der Waals surface area contributed by atoms with Gasteiger partial charge >= 0.3 is 0 Å². The molecule has 2 fully saturated rings. The highest BCUT2D eigenvalue weighted by Crippen LogP contribution is 2.35. The van der Waals surface area contributed by atoms with Crippen LogP contribution in [0, 0.1) is 6.92 Å². The molecular weight excluding hydrogens is 314 g/mol. The fourth-order valence-electron chi connectivity index (χ4n) is 3.32. The second-order valence-electron chi connectivity index (χ2n) is 5.74. The number of rotatable bonds is 2. The van der Waals surface area contributed by atoms with E-state index in [2.05, 4.69) is 0 Å². The van der Waals surface area contributed by atoms with E-state index in [1.807, 2.05) is 0 Å². The molecule has 2 heterocycles. The zero-order valence-electron chi connectivity index (χ0n) is 11.9. The number of nitrogens with zero attached hydrogens (tertiary/aromatic N) is 1. The fraction of sp³-hybridized carbons (Fsp3) is 0.692. The molecule has 6 nitrogen and oxygen atoms in total. The van der Waals surface area contributed by atoms with Gasteiger partial charge in [0.15, 0.2) is 9.84 Å². The maximum Gasteiger partial charge on any atom is 0.276 e. The third kappa shape index (κ3) is 2.53. The van der Waals surface area contributed by atoms with Crippen molar-refractivity contribution < 1.29 is 21.3 Å². The highest BCUT2D eigenvalue weighted by molar-refractivity contribution is 7.92. The van der Waals surface area contributed by atoms with Crippen molar-refractivity contribution in [2.45, 2.75) is 49.0 Å². The van der Waals surface area contributed by atoms with E-state index in [1.165, 1.54) is 10.4 Å². The lowest BCUT2D eigenvalue weighted by Gasteiger charge is -2.41. The summed E-state index contributed by atoms with van der Waals surface area (Å²) in [5.41, 5.74) is 0. The van der Waals surface area contributed by atoms with Crippen LogP contribution in [-0.2, 0) is 19.9 Å². The summed E-state index contributed by atoms with van der Waals surface area (Å²) in [5.74, 6) is 0.422. The zero-order valence-corrected chi connectivity index (χ0v) is 13.5. The van der Waals surface area contributed by atoms with Gasteiger partial charge < -0.3 is 4.42 Å². The van der Waals surface area contributed by atoms with Crippen molar-refractivity contribution >= 4 is 19.9 Å². The first-order chi connectivity index (χ1) is 9.82. The molecule has 0 N–H and O–H groups in total. The summed E-state index contributed by atoms with van der Waals surface area (Å²) >= 11 is 0. The second kappa shape index (κ2) is 5.10. The molecule has 118 valence electrons. The summed E-state index contributed by atoms with van der Waals surface area (Å²) in [5, 5.41) is -0.658. The van der Waals surface area contributed by atoms with Crippen molar-refractivity contribution in [2.24, 2.45) is 0 Å². The van der Waals surface area contributed by atoms with Crippen molar-refractivity contribution in [3.63, 3.8) is 0 Å². The summed E-state index contributed by atoms with van der Waals surface area (Å²) in [7, 11) is -6.95. The molecule has 1 saturated heterocycles. The first-order valence-electron chi connectivity index (χ1n) is 7.12. The number of hydrogen-bond acceptors (Lipinski definition) is 5. The molecule has 0 spiro atoms. The predicted octanol–water partition coefficient (Wildman–Crippen LogP) is 1.32. The van der Waals surface area contributed by atoms with Gasteiger partial charge in [-0.05, 0) is 31.9 Å². The van der Waals surface area contributed by atoms with Crippen molar-refractivity contribution in [1.29, 1.82) is 0 Å². The molecule has 2 aliphatic rings. The van der Waals surface area contributed by atoms with Crippen LogP contribution in [0.1, 0.15) is 31.4 Å². The van der Waals surface area contributed by atoms with Crippen LogP contribution in [0.15, 0.2) is 21.6 Å². The minimum absolute atomic E-state index is 0.0194. The van der Waals surface area contributed by atoms with Gasteiger partial charge in [-0.2, -0.15) is 4.31 Å². The van der Waals surface area contributed by atoms with Crippen LogP contribution in [0.2, 0.25) is 0 Å². The fourth-order valence-corrected chi connectivity index (χ4v) is 7.21. The number of sulfonamides is 1. The van der Waals surface area contributed by atoms with E-state index in [0.29, 0.717) is 18.6 Å². The lowest BCUT2D eigenvalue weighted by molar-refractivity contribution is 0.245.